The third kappa shape index (κ3) is 6.21. The predicted molar refractivity (Wildman–Crippen MR) is 147 cm³/mol. The van der Waals surface area contributed by atoms with Crippen LogP contribution >= 0.6 is 0 Å². The molecule has 39 heavy (non-hydrogen) atoms. The molecule has 0 saturated heterocycles. The van der Waals surface area contributed by atoms with Crippen molar-refractivity contribution in [1.29, 1.82) is 0 Å². The molecular weight excluding hydrogens is 495 g/mol. The van der Waals surface area contributed by atoms with E-state index in [2.05, 4.69) is 39.6 Å². The van der Waals surface area contributed by atoms with Crippen molar-refractivity contribution in [2.75, 3.05) is 13.7 Å². The van der Waals surface area contributed by atoms with Crippen LogP contribution in [-0.2, 0) is 19.5 Å². The van der Waals surface area contributed by atoms with E-state index in [0.29, 0.717) is 24.4 Å². The molecule has 8 nitrogen and oxygen atoms in total. The number of fused-ring (bicyclic) bond motifs is 1. The van der Waals surface area contributed by atoms with Crippen molar-refractivity contribution < 1.29 is 14.0 Å². The first-order chi connectivity index (χ1) is 19.0. The molecular formula is C30H32FN6O2+. The van der Waals surface area contributed by atoms with Crippen LogP contribution in [0.2, 0.25) is 0 Å². The number of halogens is 1. The number of hydrogen-bond acceptors (Lipinski definition) is 5. The Kier molecular flexibility index (Phi) is 8.07. The molecule has 0 aliphatic rings. The summed E-state index contributed by atoms with van der Waals surface area (Å²) in [7, 11) is 1.61. The normalized spacial score (nSPS) is 12.9. The second-order valence-corrected chi connectivity index (χ2v) is 9.68. The van der Waals surface area contributed by atoms with Crippen molar-refractivity contribution in [3.8, 4) is 5.75 Å². The zero-order valence-corrected chi connectivity index (χ0v) is 22.1. The number of rotatable bonds is 11. The Morgan fingerprint density at radius 1 is 1.03 bits per heavy atom. The van der Waals surface area contributed by atoms with Crippen molar-refractivity contribution in [1.82, 2.24) is 25.2 Å². The van der Waals surface area contributed by atoms with Gasteiger partial charge in [-0.25, -0.2) is 9.07 Å². The Hall–Kier alpha value is -4.37. The molecule has 0 spiro atoms. The summed E-state index contributed by atoms with van der Waals surface area (Å²) in [6.07, 6.45) is 1.62. The van der Waals surface area contributed by atoms with E-state index in [4.69, 9.17) is 4.74 Å². The molecule has 2 unspecified atom stereocenters. The van der Waals surface area contributed by atoms with Gasteiger partial charge in [-0.2, -0.15) is 0 Å². The molecule has 2 N–H and O–H groups in total. The van der Waals surface area contributed by atoms with E-state index in [0.717, 1.165) is 41.7 Å². The quantitative estimate of drug-likeness (QED) is 0.275. The van der Waals surface area contributed by atoms with Crippen molar-refractivity contribution in [3.05, 3.63) is 118 Å². The fraction of sp³-hybridized carbons (Fsp3) is 0.267. The fourth-order valence-corrected chi connectivity index (χ4v) is 5.05. The van der Waals surface area contributed by atoms with Gasteiger partial charge in [-0.3, -0.25) is 4.79 Å². The molecule has 2 heterocycles. The topological polar surface area (TPSA) is 90.1 Å². The lowest BCUT2D eigenvalue weighted by Gasteiger charge is -2.27. The lowest BCUT2D eigenvalue weighted by molar-refractivity contribution is -0.946. The van der Waals surface area contributed by atoms with Crippen molar-refractivity contribution in [2.45, 2.75) is 38.9 Å². The summed E-state index contributed by atoms with van der Waals surface area (Å²) in [5.41, 5.74) is 3.46. The van der Waals surface area contributed by atoms with Gasteiger partial charge in [-0.05, 0) is 57.3 Å². The summed E-state index contributed by atoms with van der Waals surface area (Å²) >= 11 is 0. The van der Waals surface area contributed by atoms with Crippen LogP contribution in [0.4, 0.5) is 4.39 Å². The third-order valence-corrected chi connectivity index (χ3v) is 7.14. The minimum absolute atomic E-state index is 0.0601. The Bertz CT molecular complexity index is 1580. The first-order valence-corrected chi connectivity index (χ1v) is 13.1. The maximum Gasteiger partial charge on any atom is 0.257 e. The maximum atomic E-state index is 13.4. The minimum atomic E-state index is -0.280. The molecule has 0 radical (unpaired) electrons. The Morgan fingerprint density at radius 3 is 2.56 bits per heavy atom. The standard InChI is InChI=1S/C30H31FN6O2/c1-3-28(29-33-34-35-37(29)19-22-9-12-25(31)13-10-22)36(16-15-21-7-5-4-6-8-21)20-24-17-23-11-14-26(39-2)18-27(23)32-30(24)38/h4-14,17-18,28H,3,15-16,19-20H2,1-2H3,(H,32,38)/p+1. The molecule has 0 saturated carbocycles. The maximum absolute atomic E-state index is 13.4. The van der Waals surface area contributed by atoms with Gasteiger partial charge in [0.2, 0.25) is 5.82 Å². The molecule has 5 aromatic rings. The van der Waals surface area contributed by atoms with Crippen molar-refractivity contribution >= 4 is 10.9 Å². The van der Waals surface area contributed by atoms with E-state index in [1.807, 2.05) is 42.5 Å². The van der Waals surface area contributed by atoms with E-state index >= 15 is 0 Å². The largest absolute Gasteiger partial charge is 0.497 e. The summed E-state index contributed by atoms with van der Waals surface area (Å²) in [6, 6.07) is 24.3. The number of hydrogen-bond donors (Lipinski definition) is 2. The van der Waals surface area contributed by atoms with Crippen LogP contribution < -0.4 is 15.2 Å². The lowest BCUT2D eigenvalue weighted by Crippen LogP contribution is -3.11. The second-order valence-electron chi connectivity index (χ2n) is 9.68. The number of pyridine rings is 1. The van der Waals surface area contributed by atoms with E-state index in [-0.39, 0.29) is 17.4 Å². The van der Waals surface area contributed by atoms with Crippen LogP contribution in [0.25, 0.3) is 10.9 Å². The van der Waals surface area contributed by atoms with E-state index in [1.54, 1.807) is 23.9 Å². The molecule has 0 amide bonds. The van der Waals surface area contributed by atoms with Crippen molar-refractivity contribution in [3.63, 3.8) is 0 Å². The van der Waals surface area contributed by atoms with Crippen LogP contribution in [0.5, 0.6) is 5.75 Å². The smallest absolute Gasteiger partial charge is 0.257 e. The Labute approximate surface area is 226 Å². The molecule has 2 atom stereocenters. The number of tetrazole rings is 1. The first-order valence-electron chi connectivity index (χ1n) is 13.1. The molecule has 5 rings (SSSR count). The molecule has 9 heteroatoms. The van der Waals surface area contributed by atoms with E-state index in [1.165, 1.54) is 22.6 Å². The highest BCUT2D eigenvalue weighted by atomic mass is 19.1. The molecule has 3 aromatic carbocycles. The van der Waals surface area contributed by atoms with Crippen LogP contribution in [0.15, 0.2) is 83.7 Å². The molecule has 0 fully saturated rings. The average Bonchev–Trinajstić information content (AvgIpc) is 3.41. The highest BCUT2D eigenvalue weighted by Gasteiger charge is 2.29. The van der Waals surface area contributed by atoms with Crippen LogP contribution in [0, 0.1) is 5.82 Å². The number of aromatic amines is 1. The molecule has 0 aliphatic carbocycles. The zero-order valence-electron chi connectivity index (χ0n) is 22.1. The number of methoxy groups -OCH3 is 1. The summed E-state index contributed by atoms with van der Waals surface area (Å²) in [5, 5.41) is 13.6. The van der Waals surface area contributed by atoms with Gasteiger partial charge in [0.1, 0.15) is 24.2 Å². The minimum Gasteiger partial charge on any atom is -0.497 e. The Morgan fingerprint density at radius 2 is 1.82 bits per heavy atom. The number of nitrogens with one attached hydrogen (secondary N) is 2. The summed E-state index contributed by atoms with van der Waals surface area (Å²) in [4.78, 5) is 17.4. The van der Waals surface area contributed by atoms with E-state index in [9.17, 15) is 9.18 Å². The monoisotopic (exact) mass is 527 g/mol. The van der Waals surface area contributed by atoms with Gasteiger partial charge in [-0.1, -0.05) is 49.4 Å². The Balaban J connectivity index is 1.47. The van der Waals surface area contributed by atoms with E-state index < -0.39 is 0 Å². The van der Waals surface area contributed by atoms with Gasteiger partial charge in [0.25, 0.3) is 5.56 Å². The third-order valence-electron chi connectivity index (χ3n) is 7.14. The number of benzene rings is 3. The second kappa shape index (κ2) is 12.0. The zero-order chi connectivity index (χ0) is 27.2. The van der Waals surface area contributed by atoms with Gasteiger partial charge >= 0.3 is 0 Å². The van der Waals surface area contributed by atoms with Gasteiger partial charge < -0.3 is 14.6 Å². The van der Waals surface area contributed by atoms with Gasteiger partial charge in [0.15, 0.2) is 0 Å². The van der Waals surface area contributed by atoms with Gasteiger partial charge in [0, 0.05) is 18.9 Å². The fourth-order valence-electron chi connectivity index (χ4n) is 5.05. The molecule has 0 aliphatic heterocycles. The number of quaternary nitrogens is 1. The average molecular weight is 528 g/mol. The highest BCUT2D eigenvalue weighted by molar-refractivity contribution is 5.80. The number of nitrogens with zero attached hydrogens (tertiary/aromatic N) is 4. The van der Waals surface area contributed by atoms with Crippen LogP contribution in [0.1, 0.15) is 41.9 Å². The number of H-pyrrole nitrogens is 1. The molecule has 0 bridgehead atoms. The number of aromatic nitrogens is 5. The first kappa shape index (κ1) is 26.2. The van der Waals surface area contributed by atoms with Crippen LogP contribution in [-0.4, -0.2) is 38.8 Å². The summed E-state index contributed by atoms with van der Waals surface area (Å²) < 4.78 is 20.5. The van der Waals surface area contributed by atoms with Gasteiger partial charge in [-0.15, -0.1) is 5.10 Å². The van der Waals surface area contributed by atoms with Gasteiger partial charge in [0.05, 0.1) is 31.3 Å². The molecule has 2 aromatic heterocycles. The lowest BCUT2D eigenvalue weighted by atomic mass is 10.1. The molecule has 200 valence electrons. The summed E-state index contributed by atoms with van der Waals surface area (Å²) in [5.74, 6) is 1.16. The SMILES string of the molecule is CCC(c1nnnn1Cc1ccc(F)cc1)[NH+](CCc1ccccc1)Cc1cc2ccc(OC)cc2[nH]c1=O. The predicted octanol–water partition coefficient (Wildman–Crippen LogP) is 3.49. The number of ether oxygens (including phenoxy) is 1. The highest BCUT2D eigenvalue weighted by Crippen LogP contribution is 2.19. The van der Waals surface area contributed by atoms with Crippen LogP contribution in [0.3, 0.4) is 0 Å². The summed E-state index contributed by atoms with van der Waals surface area (Å²) in [6.45, 7) is 3.84. The van der Waals surface area contributed by atoms with Crippen molar-refractivity contribution in [2.24, 2.45) is 0 Å².